The summed E-state index contributed by atoms with van der Waals surface area (Å²) in [5.74, 6) is 1.01. The Labute approximate surface area is 125 Å². The van der Waals surface area contributed by atoms with Gasteiger partial charge in [0.1, 0.15) is 5.75 Å². The largest absolute Gasteiger partial charge is 0.491 e. The summed E-state index contributed by atoms with van der Waals surface area (Å²) >= 11 is 0. The van der Waals surface area contributed by atoms with Crippen LogP contribution in [0.4, 0.5) is 11.4 Å². The van der Waals surface area contributed by atoms with Gasteiger partial charge in [0.2, 0.25) is 0 Å². The highest BCUT2D eigenvalue weighted by Crippen LogP contribution is 2.31. The van der Waals surface area contributed by atoms with Crippen LogP contribution in [0.2, 0.25) is 0 Å². The number of non-ortho nitro benzene ring substituents is 1. The number of anilines is 1. The normalized spacial score (nSPS) is 22.4. The Kier molecular flexibility index (Phi) is 4.67. The first-order valence-electron chi connectivity index (χ1n) is 7.33. The first-order chi connectivity index (χ1) is 9.86. The Morgan fingerprint density at radius 3 is 2.71 bits per heavy atom. The summed E-state index contributed by atoms with van der Waals surface area (Å²) in [6.45, 7) is 7.51. The number of nitrogens with zero attached hydrogens (tertiary/aromatic N) is 2. The van der Waals surface area contributed by atoms with Gasteiger partial charge in [-0.05, 0) is 26.2 Å². The van der Waals surface area contributed by atoms with Crippen LogP contribution >= 0.6 is 0 Å². The molecule has 2 N–H and O–H groups in total. The second-order valence-corrected chi connectivity index (χ2v) is 5.98. The summed E-state index contributed by atoms with van der Waals surface area (Å²) in [6, 6.07) is 5.01. The van der Waals surface area contributed by atoms with Crippen LogP contribution in [0.25, 0.3) is 0 Å². The fourth-order valence-corrected chi connectivity index (χ4v) is 2.53. The standard InChI is InChI=1S/C15H23N3O3/c1-10(2)21-14-7-12(6-13(8-14)18(19)20)17-5-4-11(3)15(16)9-17/h6-8,10-11,15H,4-5,9,16H2,1-3H3. The summed E-state index contributed by atoms with van der Waals surface area (Å²) < 4.78 is 5.62. The molecule has 0 aromatic heterocycles. The number of nitro benzene ring substituents is 1. The van der Waals surface area contributed by atoms with Crippen molar-refractivity contribution in [1.29, 1.82) is 0 Å². The van der Waals surface area contributed by atoms with Crippen LogP contribution in [0.3, 0.4) is 0 Å². The summed E-state index contributed by atoms with van der Waals surface area (Å²) in [4.78, 5) is 12.8. The third-order valence-electron chi connectivity index (χ3n) is 3.84. The molecular weight excluding hydrogens is 270 g/mol. The molecule has 6 nitrogen and oxygen atoms in total. The molecule has 1 aromatic carbocycles. The highest BCUT2D eigenvalue weighted by atomic mass is 16.6. The molecule has 6 heteroatoms. The first-order valence-corrected chi connectivity index (χ1v) is 7.33. The Morgan fingerprint density at radius 1 is 1.43 bits per heavy atom. The van der Waals surface area contributed by atoms with Crippen molar-refractivity contribution < 1.29 is 9.66 Å². The molecule has 1 aliphatic rings. The third kappa shape index (κ3) is 3.85. The number of hydrogen-bond donors (Lipinski definition) is 1. The number of nitro groups is 1. The van der Waals surface area contributed by atoms with Crippen LogP contribution < -0.4 is 15.4 Å². The molecule has 2 atom stereocenters. The zero-order valence-corrected chi connectivity index (χ0v) is 12.8. The molecule has 0 bridgehead atoms. The van der Waals surface area contributed by atoms with Crippen LogP contribution in [-0.4, -0.2) is 30.2 Å². The second-order valence-electron chi connectivity index (χ2n) is 5.98. The molecule has 1 fully saturated rings. The van der Waals surface area contributed by atoms with E-state index < -0.39 is 0 Å². The molecule has 0 radical (unpaired) electrons. The van der Waals surface area contributed by atoms with Gasteiger partial charge < -0.3 is 15.4 Å². The maximum Gasteiger partial charge on any atom is 0.275 e. The lowest BCUT2D eigenvalue weighted by molar-refractivity contribution is -0.384. The van der Waals surface area contributed by atoms with Crippen molar-refractivity contribution >= 4 is 11.4 Å². The van der Waals surface area contributed by atoms with Gasteiger partial charge in [-0.1, -0.05) is 6.92 Å². The van der Waals surface area contributed by atoms with Crippen molar-refractivity contribution in [2.75, 3.05) is 18.0 Å². The minimum absolute atomic E-state index is 0.0245. The van der Waals surface area contributed by atoms with E-state index in [1.54, 1.807) is 6.07 Å². The topological polar surface area (TPSA) is 81.6 Å². The molecule has 0 saturated carbocycles. The van der Waals surface area contributed by atoms with Gasteiger partial charge >= 0.3 is 0 Å². The molecule has 1 aromatic rings. The summed E-state index contributed by atoms with van der Waals surface area (Å²) in [5, 5.41) is 11.1. The summed E-state index contributed by atoms with van der Waals surface area (Å²) in [7, 11) is 0. The molecule has 0 spiro atoms. The van der Waals surface area contributed by atoms with E-state index in [0.717, 1.165) is 18.7 Å². The lowest BCUT2D eigenvalue weighted by Gasteiger charge is -2.36. The Hall–Kier alpha value is -1.82. The highest BCUT2D eigenvalue weighted by molar-refractivity contribution is 5.58. The van der Waals surface area contributed by atoms with E-state index in [0.29, 0.717) is 18.2 Å². The molecule has 1 heterocycles. The van der Waals surface area contributed by atoms with E-state index in [1.165, 1.54) is 6.07 Å². The molecule has 0 aliphatic carbocycles. The number of benzene rings is 1. The number of ether oxygens (including phenoxy) is 1. The lowest BCUT2D eigenvalue weighted by Crippen LogP contribution is -2.47. The minimum Gasteiger partial charge on any atom is -0.491 e. The second kappa shape index (κ2) is 6.30. The third-order valence-corrected chi connectivity index (χ3v) is 3.84. The number of piperidine rings is 1. The van der Waals surface area contributed by atoms with Crippen molar-refractivity contribution in [3.05, 3.63) is 28.3 Å². The van der Waals surface area contributed by atoms with Gasteiger partial charge in [0.05, 0.1) is 17.1 Å². The van der Waals surface area contributed by atoms with Crippen molar-refractivity contribution in [3.8, 4) is 5.75 Å². The van der Waals surface area contributed by atoms with E-state index in [-0.39, 0.29) is 22.8 Å². The molecule has 116 valence electrons. The quantitative estimate of drug-likeness (QED) is 0.681. The maximum atomic E-state index is 11.1. The van der Waals surface area contributed by atoms with Crippen molar-refractivity contribution in [2.45, 2.75) is 39.3 Å². The van der Waals surface area contributed by atoms with Crippen LogP contribution in [-0.2, 0) is 0 Å². The average molecular weight is 293 g/mol. The van der Waals surface area contributed by atoms with Gasteiger partial charge in [-0.15, -0.1) is 0 Å². The van der Waals surface area contributed by atoms with Gasteiger partial charge in [0.25, 0.3) is 5.69 Å². The fourth-order valence-electron chi connectivity index (χ4n) is 2.53. The molecular formula is C15H23N3O3. The fraction of sp³-hybridized carbons (Fsp3) is 0.600. The number of hydrogen-bond acceptors (Lipinski definition) is 5. The number of nitrogens with two attached hydrogens (primary N) is 1. The molecule has 1 saturated heterocycles. The van der Waals surface area contributed by atoms with Gasteiger partial charge in [-0.25, -0.2) is 0 Å². The zero-order chi connectivity index (χ0) is 15.6. The lowest BCUT2D eigenvalue weighted by atomic mass is 9.94. The Bertz CT molecular complexity index is 519. The van der Waals surface area contributed by atoms with Crippen LogP contribution in [0.1, 0.15) is 27.2 Å². The average Bonchev–Trinajstić information content (AvgIpc) is 2.40. The van der Waals surface area contributed by atoms with Gasteiger partial charge in [-0.3, -0.25) is 10.1 Å². The molecule has 21 heavy (non-hydrogen) atoms. The van der Waals surface area contributed by atoms with Crippen LogP contribution in [0.5, 0.6) is 5.75 Å². The minimum atomic E-state index is -0.386. The van der Waals surface area contributed by atoms with Crippen molar-refractivity contribution in [2.24, 2.45) is 11.7 Å². The Balaban J connectivity index is 2.29. The Morgan fingerprint density at radius 2 is 2.14 bits per heavy atom. The van der Waals surface area contributed by atoms with Gasteiger partial charge in [0.15, 0.2) is 0 Å². The predicted octanol–water partition coefficient (Wildman–Crippen LogP) is 2.56. The van der Waals surface area contributed by atoms with Crippen molar-refractivity contribution in [3.63, 3.8) is 0 Å². The van der Waals surface area contributed by atoms with Crippen molar-refractivity contribution in [1.82, 2.24) is 0 Å². The van der Waals surface area contributed by atoms with E-state index in [9.17, 15) is 10.1 Å². The van der Waals surface area contributed by atoms with E-state index >= 15 is 0 Å². The zero-order valence-electron chi connectivity index (χ0n) is 12.8. The first kappa shape index (κ1) is 15.6. The molecule has 1 aliphatic heterocycles. The summed E-state index contributed by atoms with van der Waals surface area (Å²) in [6.07, 6.45) is 0.966. The molecule has 2 unspecified atom stereocenters. The summed E-state index contributed by atoms with van der Waals surface area (Å²) in [5.41, 5.74) is 6.97. The molecule has 0 amide bonds. The van der Waals surface area contributed by atoms with E-state index in [2.05, 4.69) is 11.8 Å². The highest BCUT2D eigenvalue weighted by Gasteiger charge is 2.25. The van der Waals surface area contributed by atoms with Gasteiger partial charge in [0, 0.05) is 37.0 Å². The smallest absolute Gasteiger partial charge is 0.275 e. The van der Waals surface area contributed by atoms with Gasteiger partial charge in [-0.2, -0.15) is 0 Å². The van der Waals surface area contributed by atoms with E-state index in [4.69, 9.17) is 10.5 Å². The molecule has 2 rings (SSSR count). The SMILES string of the molecule is CC(C)Oc1cc(N2CCC(C)C(N)C2)cc([N+](=O)[O-])c1. The predicted molar refractivity (Wildman–Crippen MR) is 82.8 cm³/mol. The monoisotopic (exact) mass is 293 g/mol. The maximum absolute atomic E-state index is 11.1. The number of rotatable bonds is 4. The van der Waals surface area contributed by atoms with Crippen LogP contribution in [0, 0.1) is 16.0 Å². The van der Waals surface area contributed by atoms with Crippen LogP contribution in [0.15, 0.2) is 18.2 Å². The van der Waals surface area contributed by atoms with E-state index in [1.807, 2.05) is 19.9 Å².